The van der Waals surface area contributed by atoms with Gasteiger partial charge in [-0.15, -0.1) is 0 Å². The van der Waals surface area contributed by atoms with Gasteiger partial charge in [0, 0.05) is 5.56 Å². The number of aromatic nitrogens is 2. The van der Waals surface area contributed by atoms with Crippen LogP contribution in [0.4, 0.5) is 5.69 Å². The van der Waals surface area contributed by atoms with Crippen LogP contribution in [0.15, 0.2) is 78.2 Å². The van der Waals surface area contributed by atoms with Gasteiger partial charge in [-0.05, 0) is 52.4 Å². The fourth-order valence-electron chi connectivity index (χ4n) is 3.90. The van der Waals surface area contributed by atoms with Crippen molar-refractivity contribution in [3.05, 3.63) is 84.4 Å². The van der Waals surface area contributed by atoms with Crippen LogP contribution in [0.1, 0.15) is 36.3 Å². The Balaban J connectivity index is 1.79. The molecule has 0 radical (unpaired) electrons. The molecule has 34 heavy (non-hydrogen) atoms. The summed E-state index contributed by atoms with van der Waals surface area (Å²) in [5, 5.41) is 14.3. The summed E-state index contributed by atoms with van der Waals surface area (Å²) in [5.74, 6) is -1.35. The molecule has 1 aromatic heterocycles. The molecule has 1 heterocycles. The van der Waals surface area contributed by atoms with Crippen molar-refractivity contribution in [3.63, 3.8) is 0 Å². The first-order valence-electron chi connectivity index (χ1n) is 11.1. The second kappa shape index (κ2) is 10.1. The number of carbonyl (C=O) groups is 2. The molecule has 1 atom stereocenters. The molecule has 0 aliphatic carbocycles. The van der Waals surface area contributed by atoms with E-state index in [4.69, 9.17) is 0 Å². The highest BCUT2D eigenvalue weighted by molar-refractivity contribution is 6.07. The molecule has 0 fully saturated rings. The lowest BCUT2D eigenvalue weighted by molar-refractivity contribution is -0.139. The minimum absolute atomic E-state index is 0.123. The van der Waals surface area contributed by atoms with E-state index < -0.39 is 17.9 Å². The number of rotatable bonds is 8. The van der Waals surface area contributed by atoms with Crippen molar-refractivity contribution >= 4 is 34.6 Å². The Morgan fingerprint density at radius 3 is 2.62 bits per heavy atom. The first-order chi connectivity index (χ1) is 16.4. The van der Waals surface area contributed by atoms with E-state index in [1.807, 2.05) is 62.4 Å². The highest BCUT2D eigenvalue weighted by Gasteiger charge is 2.24. The zero-order chi connectivity index (χ0) is 24.1. The highest BCUT2D eigenvalue weighted by Crippen LogP contribution is 2.34. The molecule has 0 saturated heterocycles. The Morgan fingerprint density at radius 1 is 1.09 bits per heavy atom. The number of nitrogens with zero attached hydrogens (tertiary/aromatic N) is 2. The molecule has 1 amide bonds. The Kier molecular flexibility index (Phi) is 6.82. The molecule has 0 unspecified atom stereocenters. The molecule has 7 nitrogen and oxygen atoms in total. The maximum absolute atomic E-state index is 13.3. The van der Waals surface area contributed by atoms with Crippen LogP contribution in [0.2, 0.25) is 0 Å². The summed E-state index contributed by atoms with van der Waals surface area (Å²) in [6.45, 7) is 3.85. The van der Waals surface area contributed by atoms with Crippen molar-refractivity contribution in [1.82, 2.24) is 15.3 Å². The number of amides is 1. The lowest BCUT2D eigenvalue weighted by Gasteiger charge is -2.18. The number of aliphatic carboxylic acids is 1. The molecular weight excluding hydrogens is 428 g/mol. The molecule has 0 aliphatic heterocycles. The van der Waals surface area contributed by atoms with Gasteiger partial charge >= 0.3 is 5.97 Å². The number of benzene rings is 3. The number of carboxylic acids is 1. The van der Waals surface area contributed by atoms with Gasteiger partial charge in [0.25, 0.3) is 5.91 Å². The van der Waals surface area contributed by atoms with Crippen LogP contribution in [-0.4, -0.2) is 39.2 Å². The molecule has 3 N–H and O–H groups in total. The summed E-state index contributed by atoms with van der Waals surface area (Å²) >= 11 is 0. The monoisotopic (exact) mass is 454 g/mol. The lowest BCUT2D eigenvalue weighted by Crippen LogP contribution is -2.41. The lowest BCUT2D eigenvalue weighted by atomic mass is 9.93. The van der Waals surface area contributed by atoms with Gasteiger partial charge in [0.15, 0.2) is 0 Å². The fraction of sp³-hybridized carbons (Fsp3) is 0.185. The molecule has 4 rings (SSSR count). The number of imidazole rings is 1. The summed E-state index contributed by atoms with van der Waals surface area (Å²) in [7, 11) is 0. The van der Waals surface area contributed by atoms with Gasteiger partial charge in [-0.3, -0.25) is 9.79 Å². The molecule has 3 aromatic carbocycles. The van der Waals surface area contributed by atoms with Gasteiger partial charge in [0.1, 0.15) is 6.04 Å². The van der Waals surface area contributed by atoms with Gasteiger partial charge in [-0.2, -0.15) is 0 Å². The zero-order valence-corrected chi connectivity index (χ0v) is 19.0. The Bertz CT molecular complexity index is 1340. The molecule has 0 spiro atoms. The summed E-state index contributed by atoms with van der Waals surface area (Å²) in [6.07, 6.45) is 5.25. The van der Waals surface area contributed by atoms with Gasteiger partial charge in [-0.25, -0.2) is 9.78 Å². The average Bonchev–Trinajstić information content (AvgIpc) is 3.35. The highest BCUT2D eigenvalue weighted by atomic mass is 16.4. The molecule has 0 bridgehead atoms. The van der Waals surface area contributed by atoms with Crippen molar-refractivity contribution in [2.45, 2.75) is 26.3 Å². The largest absolute Gasteiger partial charge is 0.480 e. The molecule has 0 aliphatic rings. The molecule has 7 heteroatoms. The third kappa shape index (κ3) is 5.20. The number of aliphatic imine (C=N–C) groups is 1. The zero-order valence-electron chi connectivity index (χ0n) is 19.0. The van der Waals surface area contributed by atoms with Crippen LogP contribution in [0.3, 0.4) is 0 Å². The van der Waals surface area contributed by atoms with E-state index in [1.54, 1.807) is 30.9 Å². The number of hydrogen-bond donors (Lipinski definition) is 3. The Hall–Kier alpha value is -4.26. The predicted molar refractivity (Wildman–Crippen MR) is 134 cm³/mol. The minimum Gasteiger partial charge on any atom is -0.480 e. The summed E-state index contributed by atoms with van der Waals surface area (Å²) < 4.78 is 0. The van der Waals surface area contributed by atoms with Crippen molar-refractivity contribution in [2.24, 2.45) is 10.9 Å². The standard InChI is InChI=1S/C27H26N4O3/c1-17(2)12-25(27(33)34)31-26(32)23-11-10-19(29-15-20-14-28-16-30-20)13-24(23)22-9-5-7-18-6-3-4-8-21(18)22/h3-11,13-17,25H,12H2,1-2H3,(H,28,30)(H,31,32)(H,33,34)/t25-/m0/s1. The van der Waals surface area contributed by atoms with Crippen molar-refractivity contribution in [3.8, 4) is 11.1 Å². The summed E-state index contributed by atoms with van der Waals surface area (Å²) in [4.78, 5) is 36.5. The van der Waals surface area contributed by atoms with E-state index in [1.165, 1.54) is 0 Å². The van der Waals surface area contributed by atoms with Crippen molar-refractivity contribution in [2.75, 3.05) is 0 Å². The first kappa shape index (κ1) is 22.9. The van der Waals surface area contributed by atoms with Gasteiger partial charge in [-0.1, -0.05) is 56.3 Å². The molecule has 172 valence electrons. The van der Waals surface area contributed by atoms with Crippen LogP contribution in [0.5, 0.6) is 0 Å². The van der Waals surface area contributed by atoms with E-state index in [0.29, 0.717) is 23.2 Å². The number of carboxylic acid groups (broad SMARTS) is 1. The number of carbonyl (C=O) groups excluding carboxylic acids is 1. The SMILES string of the molecule is CC(C)C[C@H](NC(=O)c1ccc(N=Cc2cnc[nH]2)cc1-c1cccc2ccccc12)C(=O)O. The van der Waals surface area contributed by atoms with Crippen molar-refractivity contribution in [1.29, 1.82) is 0 Å². The number of fused-ring (bicyclic) bond motifs is 1. The average molecular weight is 455 g/mol. The first-order valence-corrected chi connectivity index (χ1v) is 11.1. The fourth-order valence-corrected chi connectivity index (χ4v) is 3.90. The van der Waals surface area contributed by atoms with Crippen LogP contribution in [0.25, 0.3) is 21.9 Å². The second-order valence-corrected chi connectivity index (χ2v) is 8.52. The summed E-state index contributed by atoms with van der Waals surface area (Å²) in [5.41, 5.74) is 3.37. The molecule has 4 aromatic rings. The van der Waals surface area contributed by atoms with Gasteiger partial charge < -0.3 is 15.4 Å². The van der Waals surface area contributed by atoms with Gasteiger partial charge in [0.05, 0.1) is 30.1 Å². The van der Waals surface area contributed by atoms with E-state index in [9.17, 15) is 14.7 Å². The third-order valence-electron chi connectivity index (χ3n) is 5.51. The number of nitrogens with one attached hydrogen (secondary N) is 2. The van der Waals surface area contributed by atoms with Crippen LogP contribution < -0.4 is 5.32 Å². The van der Waals surface area contributed by atoms with Crippen molar-refractivity contribution < 1.29 is 14.7 Å². The third-order valence-corrected chi connectivity index (χ3v) is 5.51. The Labute approximate surface area is 197 Å². The van der Waals surface area contributed by atoms with E-state index in [0.717, 1.165) is 22.0 Å². The number of H-pyrrole nitrogens is 1. The van der Waals surface area contributed by atoms with Crippen LogP contribution in [-0.2, 0) is 4.79 Å². The van der Waals surface area contributed by atoms with E-state index in [2.05, 4.69) is 20.3 Å². The predicted octanol–water partition coefficient (Wildman–Crippen LogP) is 5.21. The second-order valence-electron chi connectivity index (χ2n) is 8.52. The van der Waals surface area contributed by atoms with E-state index in [-0.39, 0.29) is 5.92 Å². The maximum Gasteiger partial charge on any atom is 0.326 e. The molecule has 0 saturated carbocycles. The quantitative estimate of drug-likeness (QED) is 0.318. The minimum atomic E-state index is -1.05. The molecular formula is C27H26N4O3. The maximum atomic E-state index is 13.3. The van der Waals surface area contributed by atoms with Crippen LogP contribution in [0, 0.1) is 5.92 Å². The smallest absolute Gasteiger partial charge is 0.326 e. The number of hydrogen-bond acceptors (Lipinski definition) is 4. The Morgan fingerprint density at radius 2 is 1.88 bits per heavy atom. The normalized spacial score (nSPS) is 12.3. The van der Waals surface area contributed by atoms with Crippen LogP contribution >= 0.6 is 0 Å². The number of aromatic amines is 1. The van der Waals surface area contributed by atoms with E-state index >= 15 is 0 Å². The topological polar surface area (TPSA) is 107 Å². The summed E-state index contributed by atoms with van der Waals surface area (Å²) in [6, 6.07) is 18.2. The van der Waals surface area contributed by atoms with Gasteiger partial charge in [0.2, 0.25) is 0 Å².